The van der Waals surface area contributed by atoms with Gasteiger partial charge < -0.3 is 5.32 Å². The summed E-state index contributed by atoms with van der Waals surface area (Å²) in [6.07, 6.45) is -10.2. The van der Waals surface area contributed by atoms with Crippen LogP contribution in [0, 0.1) is 0 Å². The lowest BCUT2D eigenvalue weighted by atomic mass is 10.0. The first-order valence-corrected chi connectivity index (χ1v) is 10.1. The minimum atomic E-state index is -5.10. The number of alkyl halides is 6. The van der Waals surface area contributed by atoms with Gasteiger partial charge in [-0.1, -0.05) is 11.6 Å². The summed E-state index contributed by atoms with van der Waals surface area (Å²) in [7, 11) is -3.65. The summed E-state index contributed by atoms with van der Waals surface area (Å²) in [5, 5.41) is 1.98. The van der Waals surface area contributed by atoms with Gasteiger partial charge in [0.15, 0.2) is 0 Å². The summed E-state index contributed by atoms with van der Waals surface area (Å²) in [4.78, 5) is 12.2. The Balaban J connectivity index is 2.35. The Labute approximate surface area is 172 Å². The maximum Gasteiger partial charge on any atom is 0.416 e. The topological polar surface area (TPSA) is 75.3 Å². The van der Waals surface area contributed by atoms with Crippen LogP contribution in [0.5, 0.6) is 0 Å². The molecule has 0 aromatic heterocycles. The third-order valence-electron chi connectivity index (χ3n) is 3.72. The van der Waals surface area contributed by atoms with Crippen molar-refractivity contribution in [3.05, 3.63) is 58.1 Å². The van der Waals surface area contributed by atoms with Crippen LogP contribution in [0.3, 0.4) is 0 Å². The molecule has 1 amide bonds. The second-order valence-electron chi connectivity index (χ2n) is 5.95. The minimum Gasteiger partial charge on any atom is -0.322 e. The second-order valence-corrected chi connectivity index (χ2v) is 8.37. The summed E-state index contributed by atoms with van der Waals surface area (Å²) in [6, 6.07) is 3.92. The average molecular weight is 475 g/mol. The number of anilines is 2. The first-order chi connectivity index (χ1) is 13.6. The number of hydrogen-bond acceptors (Lipinski definition) is 3. The van der Waals surface area contributed by atoms with Crippen molar-refractivity contribution >= 4 is 38.9 Å². The molecule has 5 nitrogen and oxygen atoms in total. The van der Waals surface area contributed by atoms with E-state index >= 15 is 0 Å². The molecule has 0 saturated carbocycles. The molecule has 2 aromatic carbocycles. The molecule has 2 rings (SSSR count). The lowest BCUT2D eigenvalue weighted by Gasteiger charge is -2.14. The number of amides is 1. The van der Waals surface area contributed by atoms with Crippen molar-refractivity contribution in [2.45, 2.75) is 19.3 Å². The molecule has 0 unspecified atom stereocenters. The molecule has 2 N–H and O–H groups in total. The predicted molar refractivity (Wildman–Crippen MR) is 98.9 cm³/mol. The normalized spacial score (nSPS) is 12.5. The Hall–Kier alpha value is -2.47. The molecule has 0 bridgehead atoms. The summed E-state index contributed by atoms with van der Waals surface area (Å²) < 4.78 is 103. The summed E-state index contributed by atoms with van der Waals surface area (Å²) in [5.41, 5.74) is -4.23. The Bertz CT molecular complexity index is 1040. The van der Waals surface area contributed by atoms with Crippen LogP contribution in [0.4, 0.5) is 37.7 Å². The van der Waals surface area contributed by atoms with E-state index in [4.69, 9.17) is 11.6 Å². The van der Waals surface area contributed by atoms with Gasteiger partial charge in [0.05, 0.1) is 27.6 Å². The highest BCUT2D eigenvalue weighted by molar-refractivity contribution is 7.92. The molecule has 2 aromatic rings. The smallest absolute Gasteiger partial charge is 0.322 e. The van der Waals surface area contributed by atoms with Crippen LogP contribution >= 0.6 is 11.6 Å². The van der Waals surface area contributed by atoms with Crippen molar-refractivity contribution in [2.24, 2.45) is 0 Å². The fraction of sp³-hybridized carbons (Fsp3) is 0.235. The Morgan fingerprint density at radius 2 is 1.50 bits per heavy atom. The zero-order valence-electron chi connectivity index (χ0n) is 14.9. The summed E-state index contributed by atoms with van der Waals surface area (Å²) in [5.74, 6) is -1.48. The van der Waals surface area contributed by atoms with Gasteiger partial charge in [0, 0.05) is 11.3 Å². The number of rotatable bonds is 5. The molecular weight excluding hydrogens is 462 g/mol. The quantitative estimate of drug-likeness (QED) is 0.570. The van der Waals surface area contributed by atoms with Crippen molar-refractivity contribution in [1.82, 2.24) is 0 Å². The molecule has 0 aliphatic heterocycles. The number of sulfonamides is 1. The molecule has 0 atom stereocenters. The maximum absolute atomic E-state index is 12.9. The number of nitrogens with one attached hydrogen (secondary N) is 2. The fourth-order valence-electron chi connectivity index (χ4n) is 2.20. The molecule has 13 heteroatoms. The lowest BCUT2D eigenvalue weighted by molar-refractivity contribution is -0.143. The molecule has 0 saturated heterocycles. The van der Waals surface area contributed by atoms with Crippen LogP contribution in [-0.2, 0) is 22.4 Å². The third-order valence-corrected chi connectivity index (χ3v) is 5.33. The van der Waals surface area contributed by atoms with Crippen molar-refractivity contribution < 1.29 is 39.6 Å². The van der Waals surface area contributed by atoms with Crippen molar-refractivity contribution in [1.29, 1.82) is 0 Å². The molecule has 0 aliphatic rings. The number of carbonyl (C=O) groups excluding carboxylic acids is 1. The van der Waals surface area contributed by atoms with E-state index < -0.39 is 45.0 Å². The van der Waals surface area contributed by atoms with Gasteiger partial charge in [0.25, 0.3) is 5.91 Å². The van der Waals surface area contributed by atoms with Gasteiger partial charge >= 0.3 is 12.4 Å². The molecule has 0 spiro atoms. The molecule has 164 valence electrons. The Kier molecular flexibility index (Phi) is 6.62. The number of halogens is 7. The van der Waals surface area contributed by atoms with E-state index in [0.717, 1.165) is 6.07 Å². The van der Waals surface area contributed by atoms with E-state index in [1.807, 2.05) is 0 Å². The van der Waals surface area contributed by atoms with Gasteiger partial charge in [-0.05, 0) is 43.3 Å². The van der Waals surface area contributed by atoms with Crippen LogP contribution < -0.4 is 10.0 Å². The first-order valence-electron chi connectivity index (χ1n) is 8.03. The standard InChI is InChI=1S/C17H13ClF6N2O3S/c1-2-30(28,29)26-14-4-3-12(8-13(14)18)25-15(27)9-5-10(16(19,20)21)7-11(6-9)17(22,23)24/h3-8,26H,2H2,1H3,(H,25,27). The zero-order valence-corrected chi connectivity index (χ0v) is 16.5. The fourth-order valence-corrected chi connectivity index (χ4v) is 3.15. The first kappa shape index (κ1) is 23.8. The third kappa shape index (κ3) is 6.02. The summed E-state index contributed by atoms with van der Waals surface area (Å²) in [6.45, 7) is 1.38. The molecule has 0 aliphatic carbocycles. The van der Waals surface area contributed by atoms with E-state index in [1.54, 1.807) is 0 Å². The van der Waals surface area contributed by atoms with Crippen molar-refractivity contribution in [2.75, 3.05) is 15.8 Å². The number of carbonyl (C=O) groups is 1. The monoisotopic (exact) mass is 474 g/mol. The molecule has 30 heavy (non-hydrogen) atoms. The van der Waals surface area contributed by atoms with Gasteiger partial charge in [0.1, 0.15) is 0 Å². The van der Waals surface area contributed by atoms with E-state index in [0.29, 0.717) is 0 Å². The van der Waals surface area contributed by atoms with E-state index in [1.165, 1.54) is 19.1 Å². The maximum atomic E-state index is 12.9. The highest BCUT2D eigenvalue weighted by Crippen LogP contribution is 2.36. The largest absolute Gasteiger partial charge is 0.416 e. The van der Waals surface area contributed by atoms with Gasteiger partial charge in [-0.2, -0.15) is 26.3 Å². The summed E-state index contributed by atoms with van der Waals surface area (Å²) >= 11 is 5.92. The lowest BCUT2D eigenvalue weighted by Crippen LogP contribution is -2.17. The zero-order chi connectivity index (χ0) is 22.9. The van der Waals surface area contributed by atoms with Crippen LogP contribution in [0.2, 0.25) is 5.02 Å². The van der Waals surface area contributed by atoms with Crippen molar-refractivity contribution in [3.8, 4) is 0 Å². The molecular formula is C17H13ClF6N2O3S. The Morgan fingerprint density at radius 3 is 1.93 bits per heavy atom. The van der Waals surface area contributed by atoms with E-state index in [-0.39, 0.29) is 40.3 Å². The average Bonchev–Trinajstić information content (AvgIpc) is 2.62. The van der Waals surface area contributed by atoms with Gasteiger partial charge in [-0.25, -0.2) is 8.42 Å². The van der Waals surface area contributed by atoms with Gasteiger partial charge in [-0.15, -0.1) is 0 Å². The number of benzene rings is 2. The predicted octanol–water partition coefficient (Wildman–Crippen LogP) is 5.39. The Morgan fingerprint density at radius 1 is 0.967 bits per heavy atom. The van der Waals surface area contributed by atoms with Crippen LogP contribution in [0.1, 0.15) is 28.4 Å². The molecule has 0 heterocycles. The van der Waals surface area contributed by atoms with Crippen molar-refractivity contribution in [3.63, 3.8) is 0 Å². The highest BCUT2D eigenvalue weighted by atomic mass is 35.5. The number of hydrogen-bond donors (Lipinski definition) is 2. The molecule has 0 fully saturated rings. The van der Waals surface area contributed by atoms with E-state index in [2.05, 4.69) is 10.0 Å². The minimum absolute atomic E-state index is 0.0186. The highest BCUT2D eigenvalue weighted by Gasteiger charge is 2.37. The second kappa shape index (κ2) is 8.34. The SMILES string of the molecule is CCS(=O)(=O)Nc1ccc(NC(=O)c2cc(C(F)(F)F)cc(C(F)(F)F)c2)cc1Cl. The molecule has 0 radical (unpaired) electrons. The van der Waals surface area contributed by atoms with Crippen LogP contribution in [0.25, 0.3) is 0 Å². The van der Waals surface area contributed by atoms with Gasteiger partial charge in [0.2, 0.25) is 10.0 Å². The van der Waals surface area contributed by atoms with Gasteiger partial charge in [-0.3, -0.25) is 9.52 Å². The van der Waals surface area contributed by atoms with Crippen LogP contribution in [-0.4, -0.2) is 20.1 Å². The van der Waals surface area contributed by atoms with Crippen LogP contribution in [0.15, 0.2) is 36.4 Å². The van der Waals surface area contributed by atoms with E-state index in [9.17, 15) is 39.6 Å².